The Balaban J connectivity index is 2.97. The van der Waals surface area contributed by atoms with E-state index >= 15 is 0 Å². The van der Waals surface area contributed by atoms with Gasteiger partial charge in [-0.2, -0.15) is 0 Å². The Bertz CT molecular complexity index is 374. The number of hydrogen-bond donors (Lipinski definition) is 1. The zero-order valence-corrected chi connectivity index (χ0v) is 10.7. The summed E-state index contributed by atoms with van der Waals surface area (Å²) in [6.07, 6.45) is 1.36. The van der Waals surface area contributed by atoms with Gasteiger partial charge in [-0.15, -0.1) is 0 Å². The van der Waals surface area contributed by atoms with Crippen molar-refractivity contribution in [1.29, 1.82) is 0 Å². The number of piperidine rings is 1. The lowest BCUT2D eigenvalue weighted by Gasteiger charge is -2.33. The first-order valence-electron chi connectivity index (χ1n) is 5.35. The number of likely N-dealkylation sites (tertiary alicyclic amines) is 1. The van der Waals surface area contributed by atoms with E-state index in [1.54, 1.807) is 0 Å². The monoisotopic (exact) mass is 249 g/mol. The van der Waals surface area contributed by atoms with Crippen molar-refractivity contribution in [3.05, 3.63) is 0 Å². The van der Waals surface area contributed by atoms with E-state index in [0.29, 0.717) is 13.0 Å². The quantitative estimate of drug-likeness (QED) is 0.781. The summed E-state index contributed by atoms with van der Waals surface area (Å²) in [6, 6.07) is 0. The van der Waals surface area contributed by atoms with Crippen LogP contribution in [0.15, 0.2) is 0 Å². The van der Waals surface area contributed by atoms with Gasteiger partial charge in [0.2, 0.25) is 0 Å². The normalized spacial score (nSPS) is 24.3. The van der Waals surface area contributed by atoms with Crippen molar-refractivity contribution in [2.24, 2.45) is 0 Å². The van der Waals surface area contributed by atoms with Gasteiger partial charge in [0.15, 0.2) is 14.6 Å². The van der Waals surface area contributed by atoms with Crippen molar-refractivity contribution in [3.63, 3.8) is 0 Å². The fourth-order valence-electron chi connectivity index (χ4n) is 1.91. The van der Waals surface area contributed by atoms with Crippen LogP contribution in [-0.2, 0) is 14.6 Å². The van der Waals surface area contributed by atoms with Gasteiger partial charge in [0.05, 0.1) is 5.25 Å². The Kier molecular flexibility index (Phi) is 3.64. The van der Waals surface area contributed by atoms with Crippen LogP contribution in [0.1, 0.15) is 26.7 Å². The molecule has 1 N–H and O–H groups in total. The van der Waals surface area contributed by atoms with Crippen molar-refractivity contribution in [2.75, 3.05) is 20.1 Å². The number of aliphatic carboxylic acids is 1. The van der Waals surface area contributed by atoms with Gasteiger partial charge < -0.3 is 10.0 Å². The van der Waals surface area contributed by atoms with Crippen molar-refractivity contribution >= 4 is 15.8 Å². The third-order valence-electron chi connectivity index (χ3n) is 3.25. The van der Waals surface area contributed by atoms with Crippen molar-refractivity contribution in [3.8, 4) is 0 Å². The maximum Gasteiger partial charge on any atom is 0.324 e. The van der Waals surface area contributed by atoms with Gasteiger partial charge >= 0.3 is 5.97 Å². The highest BCUT2D eigenvalue weighted by Crippen LogP contribution is 2.27. The van der Waals surface area contributed by atoms with Crippen LogP contribution in [0.3, 0.4) is 0 Å². The standard InChI is InChI=1S/C10H19NO4S/c1-10(2,9(12)13)16(14,15)8-5-4-6-11(3)7-8/h8H,4-7H2,1-3H3,(H,12,13). The molecule has 0 saturated carbocycles. The molecule has 94 valence electrons. The molecule has 1 saturated heterocycles. The molecule has 0 radical (unpaired) electrons. The lowest BCUT2D eigenvalue weighted by Crippen LogP contribution is -2.50. The lowest BCUT2D eigenvalue weighted by molar-refractivity contribution is -0.139. The molecule has 0 spiro atoms. The molecule has 5 nitrogen and oxygen atoms in total. The van der Waals surface area contributed by atoms with Crippen LogP contribution in [0.5, 0.6) is 0 Å². The minimum atomic E-state index is -3.63. The summed E-state index contributed by atoms with van der Waals surface area (Å²) in [4.78, 5) is 12.9. The molecule has 1 unspecified atom stereocenters. The summed E-state index contributed by atoms with van der Waals surface area (Å²) >= 11 is 0. The first-order chi connectivity index (χ1) is 7.19. The molecule has 1 rings (SSSR count). The molecular formula is C10H19NO4S. The summed E-state index contributed by atoms with van der Waals surface area (Å²) in [6.45, 7) is 3.83. The number of carbonyl (C=O) groups is 1. The second-order valence-corrected chi connectivity index (χ2v) is 7.66. The molecule has 6 heteroatoms. The number of nitrogens with zero attached hydrogens (tertiary/aromatic N) is 1. The van der Waals surface area contributed by atoms with Crippen LogP contribution < -0.4 is 0 Å². The Morgan fingerprint density at radius 2 is 2.00 bits per heavy atom. The predicted molar refractivity (Wildman–Crippen MR) is 61.2 cm³/mol. The minimum Gasteiger partial charge on any atom is -0.480 e. The van der Waals surface area contributed by atoms with E-state index in [1.165, 1.54) is 13.8 Å². The molecule has 1 fully saturated rings. The average Bonchev–Trinajstić information content (AvgIpc) is 2.17. The number of rotatable bonds is 3. The molecule has 0 aliphatic carbocycles. The highest BCUT2D eigenvalue weighted by atomic mass is 32.2. The van der Waals surface area contributed by atoms with Crippen LogP contribution in [-0.4, -0.2) is 54.5 Å². The summed E-state index contributed by atoms with van der Waals surface area (Å²) < 4.78 is 22.7. The van der Waals surface area contributed by atoms with Gasteiger partial charge in [0.25, 0.3) is 0 Å². The molecule has 0 bridgehead atoms. The number of carboxylic acids is 1. The Morgan fingerprint density at radius 1 is 1.44 bits per heavy atom. The van der Waals surface area contributed by atoms with Gasteiger partial charge in [-0.3, -0.25) is 4.79 Å². The zero-order valence-electron chi connectivity index (χ0n) is 9.93. The SMILES string of the molecule is CN1CCCC(S(=O)(=O)C(C)(C)C(=O)O)C1. The molecule has 0 aromatic carbocycles. The molecular weight excluding hydrogens is 230 g/mol. The molecule has 16 heavy (non-hydrogen) atoms. The van der Waals surface area contributed by atoms with E-state index in [2.05, 4.69) is 0 Å². The van der Waals surface area contributed by atoms with Crippen LogP contribution in [0.4, 0.5) is 0 Å². The van der Waals surface area contributed by atoms with Crippen LogP contribution >= 0.6 is 0 Å². The second-order valence-electron chi connectivity index (χ2n) is 4.89. The van der Waals surface area contributed by atoms with Gasteiger partial charge in [-0.05, 0) is 40.3 Å². The summed E-state index contributed by atoms with van der Waals surface area (Å²) in [5.74, 6) is -1.28. The fourth-order valence-corrected chi connectivity index (χ4v) is 3.92. The second kappa shape index (κ2) is 4.33. The third-order valence-corrected chi connectivity index (χ3v) is 6.11. The molecule has 1 aliphatic rings. The molecule has 1 atom stereocenters. The lowest BCUT2D eigenvalue weighted by atomic mass is 10.1. The Hall–Kier alpha value is -0.620. The smallest absolute Gasteiger partial charge is 0.324 e. The Morgan fingerprint density at radius 3 is 2.44 bits per heavy atom. The number of carboxylic acid groups (broad SMARTS) is 1. The highest BCUT2D eigenvalue weighted by Gasteiger charge is 2.47. The average molecular weight is 249 g/mol. The van der Waals surface area contributed by atoms with Crippen LogP contribution in [0, 0.1) is 0 Å². The molecule has 0 amide bonds. The zero-order chi connectivity index (χ0) is 12.6. The van der Waals surface area contributed by atoms with Crippen LogP contribution in [0.2, 0.25) is 0 Å². The van der Waals surface area contributed by atoms with E-state index in [0.717, 1.165) is 13.0 Å². The van der Waals surface area contributed by atoms with Gasteiger partial charge in [0.1, 0.15) is 0 Å². The van der Waals surface area contributed by atoms with E-state index < -0.39 is 25.8 Å². The van der Waals surface area contributed by atoms with E-state index in [1.807, 2.05) is 11.9 Å². The maximum atomic E-state index is 12.2. The number of sulfone groups is 1. The first-order valence-corrected chi connectivity index (χ1v) is 6.89. The molecule has 0 aromatic rings. The van der Waals surface area contributed by atoms with Gasteiger partial charge in [-0.1, -0.05) is 0 Å². The van der Waals surface area contributed by atoms with E-state index in [-0.39, 0.29) is 0 Å². The predicted octanol–water partition coefficient (Wildman–Crippen LogP) is 0.359. The fraction of sp³-hybridized carbons (Fsp3) is 0.900. The summed E-state index contributed by atoms with van der Waals surface area (Å²) in [5.41, 5.74) is 0. The van der Waals surface area contributed by atoms with E-state index in [4.69, 9.17) is 5.11 Å². The van der Waals surface area contributed by atoms with Gasteiger partial charge in [0, 0.05) is 6.54 Å². The summed E-state index contributed by atoms with van der Waals surface area (Å²) in [7, 11) is -1.78. The summed E-state index contributed by atoms with van der Waals surface area (Å²) in [5, 5.41) is 8.42. The van der Waals surface area contributed by atoms with Crippen LogP contribution in [0.25, 0.3) is 0 Å². The topological polar surface area (TPSA) is 74.7 Å². The molecule has 0 aromatic heterocycles. The van der Waals surface area contributed by atoms with Crippen molar-refractivity contribution in [1.82, 2.24) is 4.90 Å². The Labute approximate surface area is 96.4 Å². The molecule has 1 heterocycles. The minimum absolute atomic E-state index is 0.430. The maximum absolute atomic E-state index is 12.2. The largest absolute Gasteiger partial charge is 0.480 e. The van der Waals surface area contributed by atoms with E-state index in [9.17, 15) is 13.2 Å². The third kappa shape index (κ3) is 2.22. The van der Waals surface area contributed by atoms with Crippen molar-refractivity contribution < 1.29 is 18.3 Å². The van der Waals surface area contributed by atoms with Crippen molar-refractivity contribution in [2.45, 2.75) is 36.7 Å². The highest BCUT2D eigenvalue weighted by molar-refractivity contribution is 7.94. The van der Waals surface area contributed by atoms with Gasteiger partial charge in [-0.25, -0.2) is 8.42 Å². The molecule has 1 aliphatic heterocycles. The first kappa shape index (κ1) is 13.4. The number of hydrogen-bond acceptors (Lipinski definition) is 4.